The first kappa shape index (κ1) is 24.1. The highest BCUT2D eigenvalue weighted by Crippen LogP contribution is 2.43. The number of ether oxygens (including phenoxy) is 2. The topological polar surface area (TPSA) is 76.1 Å². The number of carbonyl (C=O) groups is 2. The molecule has 1 aliphatic heterocycles. The van der Waals surface area contributed by atoms with Crippen LogP contribution in [0.1, 0.15) is 43.5 Å². The van der Waals surface area contributed by atoms with Gasteiger partial charge in [-0.3, -0.25) is 14.5 Å². The number of amides is 1. The zero-order valence-electron chi connectivity index (χ0n) is 20.2. The van der Waals surface area contributed by atoms with Crippen LogP contribution in [0.2, 0.25) is 0 Å². The lowest BCUT2D eigenvalue weighted by atomic mass is 9.94. The zero-order valence-corrected chi connectivity index (χ0v) is 20.2. The summed E-state index contributed by atoms with van der Waals surface area (Å²) >= 11 is 0. The van der Waals surface area contributed by atoms with Gasteiger partial charge in [-0.05, 0) is 55.7 Å². The fraction of sp³-hybridized carbons (Fsp3) is 0.241. The second-order valence-electron chi connectivity index (χ2n) is 8.15. The first-order valence-electron chi connectivity index (χ1n) is 11.8. The fourth-order valence-corrected chi connectivity index (χ4v) is 4.27. The highest BCUT2D eigenvalue weighted by Gasteiger charge is 2.47. The molecule has 0 radical (unpaired) electrons. The predicted molar refractivity (Wildman–Crippen MR) is 136 cm³/mol. The Kier molecular flexibility index (Phi) is 7.20. The molecule has 6 nitrogen and oxygen atoms in total. The van der Waals surface area contributed by atoms with E-state index in [1.165, 1.54) is 4.90 Å². The lowest BCUT2D eigenvalue weighted by molar-refractivity contribution is -0.132. The van der Waals surface area contributed by atoms with Crippen LogP contribution < -0.4 is 14.4 Å². The molecule has 1 amide bonds. The number of aliphatic hydroxyl groups is 1. The molecule has 1 fully saturated rings. The van der Waals surface area contributed by atoms with E-state index in [2.05, 4.69) is 0 Å². The molecule has 0 aromatic heterocycles. The molecule has 35 heavy (non-hydrogen) atoms. The second kappa shape index (κ2) is 10.5. The molecular formula is C29H29NO5. The minimum Gasteiger partial charge on any atom is -0.507 e. The molecule has 4 rings (SSSR count). The molecule has 3 aromatic rings. The molecular weight excluding hydrogens is 442 g/mol. The monoisotopic (exact) mass is 471 g/mol. The van der Waals surface area contributed by atoms with Gasteiger partial charge in [-0.25, -0.2) is 0 Å². The van der Waals surface area contributed by atoms with E-state index in [1.54, 1.807) is 48.5 Å². The Balaban J connectivity index is 1.88. The summed E-state index contributed by atoms with van der Waals surface area (Å²) in [7, 11) is 0. The average molecular weight is 472 g/mol. The van der Waals surface area contributed by atoms with Gasteiger partial charge >= 0.3 is 0 Å². The minimum absolute atomic E-state index is 0.0465. The highest BCUT2D eigenvalue weighted by molar-refractivity contribution is 6.51. The number of anilines is 1. The van der Waals surface area contributed by atoms with E-state index in [1.807, 2.05) is 45.0 Å². The summed E-state index contributed by atoms with van der Waals surface area (Å²) in [5, 5.41) is 11.3. The standard InChI is InChI=1S/C29H29NO5/c1-4-19-10-12-21(13-11-19)27(31)25-26(20-14-16-23(17-15-20)34-5-2)30(29(33)28(25)32)22-8-7-9-24(18-22)35-6-3/h7-18,26,31H,4-6H2,1-3H3/b27-25+. The number of aryl methyl sites for hydroxylation is 1. The van der Waals surface area contributed by atoms with Gasteiger partial charge in [0.1, 0.15) is 17.3 Å². The van der Waals surface area contributed by atoms with Crippen LogP contribution in [-0.4, -0.2) is 30.0 Å². The molecule has 1 N–H and O–H groups in total. The van der Waals surface area contributed by atoms with E-state index in [-0.39, 0.29) is 11.3 Å². The average Bonchev–Trinajstić information content (AvgIpc) is 3.15. The van der Waals surface area contributed by atoms with Crippen molar-refractivity contribution in [1.29, 1.82) is 0 Å². The Morgan fingerprint density at radius 3 is 2.14 bits per heavy atom. The number of nitrogens with zero attached hydrogens (tertiary/aromatic N) is 1. The van der Waals surface area contributed by atoms with Crippen LogP contribution in [0.3, 0.4) is 0 Å². The van der Waals surface area contributed by atoms with E-state index in [9.17, 15) is 14.7 Å². The Labute approximate surface area is 205 Å². The van der Waals surface area contributed by atoms with E-state index >= 15 is 0 Å². The number of hydrogen-bond acceptors (Lipinski definition) is 5. The summed E-state index contributed by atoms with van der Waals surface area (Å²) in [4.78, 5) is 28.1. The van der Waals surface area contributed by atoms with Gasteiger partial charge in [-0.2, -0.15) is 0 Å². The minimum atomic E-state index is -0.812. The molecule has 0 bridgehead atoms. The molecule has 0 saturated carbocycles. The normalized spacial score (nSPS) is 17.0. The molecule has 0 spiro atoms. The molecule has 1 heterocycles. The number of Topliss-reactive ketones (excluding diaryl/α,β-unsaturated/α-hetero) is 1. The van der Waals surface area contributed by atoms with Gasteiger partial charge in [-0.1, -0.05) is 49.4 Å². The third kappa shape index (κ3) is 4.78. The van der Waals surface area contributed by atoms with Crippen LogP contribution in [0, 0.1) is 0 Å². The van der Waals surface area contributed by atoms with Crippen molar-refractivity contribution in [2.45, 2.75) is 33.2 Å². The third-order valence-corrected chi connectivity index (χ3v) is 5.99. The number of hydrogen-bond donors (Lipinski definition) is 1. The molecule has 6 heteroatoms. The second-order valence-corrected chi connectivity index (χ2v) is 8.15. The predicted octanol–water partition coefficient (Wildman–Crippen LogP) is 5.67. The molecule has 1 unspecified atom stereocenters. The van der Waals surface area contributed by atoms with Crippen LogP contribution >= 0.6 is 0 Å². The number of benzene rings is 3. The van der Waals surface area contributed by atoms with Gasteiger partial charge in [-0.15, -0.1) is 0 Å². The van der Waals surface area contributed by atoms with Crippen molar-refractivity contribution < 1.29 is 24.2 Å². The maximum absolute atomic E-state index is 13.3. The summed E-state index contributed by atoms with van der Waals surface area (Å²) in [5.41, 5.74) is 2.83. The quantitative estimate of drug-likeness (QED) is 0.260. The maximum atomic E-state index is 13.3. The van der Waals surface area contributed by atoms with Gasteiger partial charge < -0.3 is 14.6 Å². The largest absolute Gasteiger partial charge is 0.507 e. The van der Waals surface area contributed by atoms with Crippen molar-refractivity contribution in [3.05, 3.63) is 95.1 Å². The van der Waals surface area contributed by atoms with Gasteiger partial charge in [0, 0.05) is 17.3 Å². The van der Waals surface area contributed by atoms with Gasteiger partial charge in [0.2, 0.25) is 0 Å². The van der Waals surface area contributed by atoms with Crippen LogP contribution in [0.15, 0.2) is 78.4 Å². The van der Waals surface area contributed by atoms with E-state index in [4.69, 9.17) is 9.47 Å². The number of aliphatic hydroxyl groups excluding tert-OH is 1. The van der Waals surface area contributed by atoms with Crippen molar-refractivity contribution in [2.24, 2.45) is 0 Å². The Bertz CT molecular complexity index is 1240. The molecule has 1 aliphatic rings. The van der Waals surface area contributed by atoms with Crippen LogP contribution in [0.25, 0.3) is 5.76 Å². The summed E-state index contributed by atoms with van der Waals surface area (Å²) in [6, 6.07) is 20.8. The Morgan fingerprint density at radius 1 is 0.857 bits per heavy atom. The van der Waals surface area contributed by atoms with E-state index < -0.39 is 17.7 Å². The summed E-state index contributed by atoms with van der Waals surface area (Å²) in [6.45, 7) is 6.82. The lowest BCUT2D eigenvalue weighted by Gasteiger charge is -2.26. The summed E-state index contributed by atoms with van der Waals surface area (Å²) < 4.78 is 11.2. The van der Waals surface area contributed by atoms with Gasteiger partial charge in [0.15, 0.2) is 0 Å². The number of carbonyl (C=O) groups excluding carboxylic acids is 2. The molecule has 180 valence electrons. The van der Waals surface area contributed by atoms with E-state index in [0.29, 0.717) is 41.5 Å². The fourth-order valence-electron chi connectivity index (χ4n) is 4.27. The first-order chi connectivity index (χ1) is 17.0. The van der Waals surface area contributed by atoms with Crippen molar-refractivity contribution in [1.82, 2.24) is 0 Å². The Hall–Kier alpha value is -4.06. The molecule has 3 aromatic carbocycles. The van der Waals surface area contributed by atoms with Crippen molar-refractivity contribution >= 4 is 23.1 Å². The Morgan fingerprint density at radius 2 is 1.51 bits per heavy atom. The van der Waals surface area contributed by atoms with Crippen molar-refractivity contribution in [2.75, 3.05) is 18.1 Å². The highest BCUT2D eigenvalue weighted by atomic mass is 16.5. The van der Waals surface area contributed by atoms with E-state index in [0.717, 1.165) is 12.0 Å². The molecule has 1 atom stereocenters. The van der Waals surface area contributed by atoms with Crippen LogP contribution in [0.5, 0.6) is 11.5 Å². The number of rotatable bonds is 8. The smallest absolute Gasteiger partial charge is 0.300 e. The SMILES string of the molecule is CCOc1ccc(C2/C(=C(\O)c3ccc(CC)cc3)C(=O)C(=O)N2c2cccc(OCC)c2)cc1. The number of ketones is 1. The van der Waals surface area contributed by atoms with Crippen LogP contribution in [-0.2, 0) is 16.0 Å². The third-order valence-electron chi connectivity index (χ3n) is 5.99. The lowest BCUT2D eigenvalue weighted by Crippen LogP contribution is -2.29. The molecule has 1 saturated heterocycles. The van der Waals surface area contributed by atoms with Crippen molar-refractivity contribution in [3.8, 4) is 11.5 Å². The van der Waals surface area contributed by atoms with Crippen molar-refractivity contribution in [3.63, 3.8) is 0 Å². The maximum Gasteiger partial charge on any atom is 0.300 e. The molecule has 0 aliphatic carbocycles. The zero-order chi connectivity index (χ0) is 24.9. The van der Waals surface area contributed by atoms with Crippen LogP contribution in [0.4, 0.5) is 5.69 Å². The summed E-state index contributed by atoms with van der Waals surface area (Å²) in [6.07, 6.45) is 0.855. The van der Waals surface area contributed by atoms with Gasteiger partial charge in [0.25, 0.3) is 11.7 Å². The summed E-state index contributed by atoms with van der Waals surface area (Å²) in [5.74, 6) is -0.366. The van der Waals surface area contributed by atoms with Gasteiger partial charge in [0.05, 0.1) is 24.8 Å². The first-order valence-corrected chi connectivity index (χ1v) is 11.8.